The van der Waals surface area contributed by atoms with Crippen molar-refractivity contribution in [1.29, 1.82) is 0 Å². The molecule has 0 unspecified atom stereocenters. The number of carbonyl (C=O) groups excluding carboxylic acids is 1. The molecule has 0 bridgehead atoms. The Kier molecular flexibility index (Phi) is 13.7. The molecule has 0 atom stereocenters. The van der Waals surface area contributed by atoms with Gasteiger partial charge in [0, 0.05) is 35.1 Å². The first-order chi connectivity index (χ1) is 22.8. The van der Waals surface area contributed by atoms with Gasteiger partial charge in [-0.3, -0.25) is 9.78 Å². The molecule has 1 heterocycles. The Balaban J connectivity index is 1.27. The van der Waals surface area contributed by atoms with Crippen LogP contribution in [0.25, 0.3) is 10.9 Å². The summed E-state index contributed by atoms with van der Waals surface area (Å²) in [4.78, 5) is 19.6. The number of aromatic nitrogens is 1. The lowest BCUT2D eigenvalue weighted by Crippen LogP contribution is -2.23. The molecule has 4 rings (SSSR count). The maximum absolute atomic E-state index is 15.1. The quantitative estimate of drug-likeness (QED) is 0.0999. The summed E-state index contributed by atoms with van der Waals surface area (Å²) >= 11 is 0. The van der Waals surface area contributed by atoms with E-state index in [-0.39, 0.29) is 24.0 Å². The topological polar surface area (TPSA) is 66.5 Å². The highest BCUT2D eigenvalue weighted by molar-refractivity contribution is 5.90. The van der Waals surface area contributed by atoms with Crippen molar-refractivity contribution in [2.45, 2.75) is 71.6 Å². The van der Waals surface area contributed by atoms with Crippen LogP contribution in [-0.2, 0) is 24.1 Å². The van der Waals surface area contributed by atoms with Crippen LogP contribution in [-0.4, -0.2) is 42.5 Å². The number of fused-ring (bicyclic) bond motifs is 1. The first-order valence-electron chi connectivity index (χ1n) is 16.7. The Hall–Kier alpha value is -4.30. The largest absolute Gasteiger partial charge is 0.496 e. The molecule has 4 aromatic rings. The first kappa shape index (κ1) is 35.6. The number of rotatable bonds is 19. The number of nitrogens with zero attached hydrogens (tertiary/aromatic N) is 2. The number of nitrogens with one attached hydrogen (secondary N) is 2. The number of amides is 1. The molecule has 0 aliphatic rings. The molecule has 6 nitrogen and oxygen atoms in total. The number of ether oxygens (including phenoxy) is 1. The third-order valence-electron chi connectivity index (χ3n) is 8.60. The summed E-state index contributed by atoms with van der Waals surface area (Å²) in [5.74, 6) is 0.0270. The van der Waals surface area contributed by atoms with Crippen LogP contribution in [0.5, 0.6) is 5.75 Å². The molecular weight excluding hydrogens is 594 g/mol. The van der Waals surface area contributed by atoms with Crippen molar-refractivity contribution in [2.75, 3.05) is 37.4 Å². The van der Waals surface area contributed by atoms with Crippen LogP contribution in [0.15, 0.2) is 79.1 Å². The highest BCUT2D eigenvalue weighted by atomic mass is 19.1. The predicted octanol–water partition coefficient (Wildman–Crippen LogP) is 9.10. The number of pyridine rings is 1. The summed E-state index contributed by atoms with van der Waals surface area (Å²) in [6.45, 7) is 11.7. The van der Waals surface area contributed by atoms with Gasteiger partial charge in [0.25, 0.3) is 0 Å². The number of hydrogen-bond acceptors (Lipinski definition) is 5. The van der Waals surface area contributed by atoms with E-state index < -0.39 is 0 Å². The number of anilines is 2. The van der Waals surface area contributed by atoms with Gasteiger partial charge in [0.2, 0.25) is 5.91 Å². The Labute approximate surface area is 278 Å². The van der Waals surface area contributed by atoms with Crippen LogP contribution in [0.3, 0.4) is 0 Å². The molecule has 0 fully saturated rings. The Bertz CT molecular complexity index is 1620. The minimum absolute atomic E-state index is 0.192. The van der Waals surface area contributed by atoms with Gasteiger partial charge in [-0.1, -0.05) is 32.9 Å². The molecule has 250 valence electrons. The SMILES string of the molecule is C=C(CCCC(=O)Nc1ccc(CCc2ccnc3cc(CCCCCN(CC)CC)c(OC)cc23)c(F)c1)Nc1ccc(F)cc1. The maximum atomic E-state index is 15.1. The number of aryl methyl sites for hydroxylation is 3. The molecule has 0 saturated carbocycles. The van der Waals surface area contributed by atoms with E-state index in [0.717, 1.165) is 66.1 Å². The molecule has 1 aromatic heterocycles. The van der Waals surface area contributed by atoms with Crippen molar-refractivity contribution in [3.05, 3.63) is 107 Å². The van der Waals surface area contributed by atoms with Gasteiger partial charge in [-0.15, -0.1) is 0 Å². The molecule has 47 heavy (non-hydrogen) atoms. The lowest BCUT2D eigenvalue weighted by Gasteiger charge is -2.17. The Morgan fingerprint density at radius 3 is 2.28 bits per heavy atom. The molecule has 0 spiro atoms. The van der Waals surface area contributed by atoms with Crippen LogP contribution in [0.2, 0.25) is 0 Å². The zero-order chi connectivity index (χ0) is 33.6. The van der Waals surface area contributed by atoms with E-state index in [0.29, 0.717) is 36.9 Å². The average molecular weight is 643 g/mol. The molecule has 0 saturated heterocycles. The monoisotopic (exact) mass is 642 g/mol. The molecule has 1 amide bonds. The van der Waals surface area contributed by atoms with Gasteiger partial charge < -0.3 is 20.3 Å². The number of allylic oxidation sites excluding steroid dienone is 1. The summed E-state index contributed by atoms with van der Waals surface area (Å²) in [5, 5.41) is 6.93. The second-order valence-corrected chi connectivity index (χ2v) is 11.9. The van der Waals surface area contributed by atoms with Gasteiger partial charge >= 0.3 is 0 Å². The predicted molar refractivity (Wildman–Crippen MR) is 189 cm³/mol. The summed E-state index contributed by atoms with van der Waals surface area (Å²) in [5.41, 5.74) is 5.68. The molecule has 0 aliphatic heterocycles. The lowest BCUT2D eigenvalue weighted by molar-refractivity contribution is -0.116. The zero-order valence-electron chi connectivity index (χ0n) is 28.0. The van der Waals surface area contributed by atoms with Crippen LogP contribution in [0.1, 0.15) is 69.1 Å². The fourth-order valence-electron chi connectivity index (χ4n) is 5.83. The smallest absolute Gasteiger partial charge is 0.224 e. The first-order valence-corrected chi connectivity index (χ1v) is 16.7. The second kappa shape index (κ2) is 18.1. The third kappa shape index (κ3) is 10.9. The molecule has 3 aromatic carbocycles. The standard InChI is InChI=1S/C39H48F2N4O2/c1-5-45(6-2)24-9-7-8-12-31-25-37-35(27-38(31)47-4)29(22-23-42-37)14-15-30-16-19-34(26-36(30)41)44-39(46)13-10-11-28(3)43-33-20-17-32(40)18-21-33/h16-23,25-27,43H,3,5-15,24H2,1-2,4H3,(H,44,46). The van der Waals surface area contributed by atoms with Crippen LogP contribution in [0.4, 0.5) is 20.2 Å². The number of carbonyl (C=O) groups is 1. The maximum Gasteiger partial charge on any atom is 0.224 e. The molecule has 0 radical (unpaired) electrons. The fraction of sp³-hybridized carbons (Fsp3) is 0.385. The molecule has 8 heteroatoms. The Morgan fingerprint density at radius 1 is 0.809 bits per heavy atom. The second-order valence-electron chi connectivity index (χ2n) is 11.9. The minimum atomic E-state index is -0.348. The van der Waals surface area contributed by atoms with Gasteiger partial charge in [-0.25, -0.2) is 8.78 Å². The van der Waals surface area contributed by atoms with Gasteiger partial charge in [-0.05, 0) is 136 Å². The van der Waals surface area contributed by atoms with Crippen LogP contribution < -0.4 is 15.4 Å². The van der Waals surface area contributed by atoms with E-state index in [9.17, 15) is 9.18 Å². The molecule has 2 N–H and O–H groups in total. The zero-order valence-corrected chi connectivity index (χ0v) is 28.0. The van der Waals surface area contributed by atoms with Crippen LogP contribution >= 0.6 is 0 Å². The minimum Gasteiger partial charge on any atom is -0.496 e. The van der Waals surface area contributed by atoms with Crippen LogP contribution in [0, 0.1) is 11.6 Å². The lowest BCUT2D eigenvalue weighted by atomic mass is 9.97. The normalized spacial score (nSPS) is 11.2. The summed E-state index contributed by atoms with van der Waals surface area (Å²) in [6, 6.07) is 17.1. The van der Waals surface area contributed by atoms with Crippen molar-refractivity contribution < 1.29 is 18.3 Å². The van der Waals surface area contributed by atoms with E-state index in [1.165, 1.54) is 36.6 Å². The van der Waals surface area contributed by atoms with Gasteiger partial charge in [0.15, 0.2) is 0 Å². The highest BCUT2D eigenvalue weighted by Crippen LogP contribution is 2.29. The molecule has 0 aliphatic carbocycles. The average Bonchev–Trinajstić information content (AvgIpc) is 3.06. The summed E-state index contributed by atoms with van der Waals surface area (Å²) in [6.07, 6.45) is 8.81. The van der Waals surface area contributed by atoms with E-state index in [4.69, 9.17) is 4.74 Å². The number of unbranched alkanes of at least 4 members (excludes halogenated alkanes) is 2. The van der Waals surface area contributed by atoms with E-state index >= 15 is 4.39 Å². The number of halogens is 2. The van der Waals surface area contributed by atoms with E-state index in [2.05, 4.69) is 53.1 Å². The third-order valence-corrected chi connectivity index (χ3v) is 8.60. The number of benzene rings is 3. The van der Waals surface area contributed by atoms with E-state index in [1.54, 1.807) is 31.4 Å². The van der Waals surface area contributed by atoms with Crippen molar-refractivity contribution in [1.82, 2.24) is 9.88 Å². The summed E-state index contributed by atoms with van der Waals surface area (Å²) < 4.78 is 34.0. The van der Waals surface area contributed by atoms with Gasteiger partial charge in [0.05, 0.1) is 12.6 Å². The summed E-state index contributed by atoms with van der Waals surface area (Å²) in [7, 11) is 1.71. The molecular formula is C39H48F2N4O2. The van der Waals surface area contributed by atoms with Gasteiger partial charge in [-0.2, -0.15) is 0 Å². The number of hydrogen-bond donors (Lipinski definition) is 2. The van der Waals surface area contributed by atoms with Crippen molar-refractivity contribution >= 4 is 28.2 Å². The van der Waals surface area contributed by atoms with Gasteiger partial charge in [0.1, 0.15) is 17.4 Å². The highest BCUT2D eigenvalue weighted by Gasteiger charge is 2.12. The Morgan fingerprint density at radius 2 is 1.55 bits per heavy atom. The van der Waals surface area contributed by atoms with Crippen molar-refractivity contribution in [2.24, 2.45) is 0 Å². The van der Waals surface area contributed by atoms with Crippen molar-refractivity contribution in [3.63, 3.8) is 0 Å². The van der Waals surface area contributed by atoms with E-state index in [1.807, 2.05) is 12.3 Å². The van der Waals surface area contributed by atoms with Crippen molar-refractivity contribution in [3.8, 4) is 5.75 Å². The fourth-order valence-corrected chi connectivity index (χ4v) is 5.83. The number of methoxy groups -OCH3 is 1.